The van der Waals surface area contributed by atoms with Crippen molar-refractivity contribution < 1.29 is 9.53 Å². The van der Waals surface area contributed by atoms with E-state index in [1.54, 1.807) is 6.92 Å². The lowest BCUT2D eigenvalue weighted by Crippen LogP contribution is -2.67. The summed E-state index contributed by atoms with van der Waals surface area (Å²) in [4.78, 5) is 0. The molecule has 2 aromatic carbocycles. The first kappa shape index (κ1) is 18.9. The highest BCUT2D eigenvalue weighted by Crippen LogP contribution is 2.36. The molecule has 0 radical (unpaired) electrons. The summed E-state index contributed by atoms with van der Waals surface area (Å²) in [7, 11) is -2.55. The average molecular weight is 344 g/mol. The number of aliphatic hydroxyl groups is 1. The van der Waals surface area contributed by atoms with Crippen molar-refractivity contribution in [2.24, 2.45) is 5.73 Å². The third-order valence-electron chi connectivity index (χ3n) is 4.53. The number of aliphatic hydroxyl groups excluding tert-OH is 1. The molecule has 0 aliphatic carbocycles. The third kappa shape index (κ3) is 3.78. The van der Waals surface area contributed by atoms with E-state index < -0.39 is 20.5 Å². The van der Waals surface area contributed by atoms with Gasteiger partial charge in [0.05, 0.1) is 18.8 Å². The molecule has 0 amide bonds. The summed E-state index contributed by atoms with van der Waals surface area (Å²) >= 11 is 0. The summed E-state index contributed by atoms with van der Waals surface area (Å²) in [6.45, 7) is 8.73. The predicted molar refractivity (Wildman–Crippen MR) is 103 cm³/mol. The lowest BCUT2D eigenvalue weighted by atomic mass is 10.2. The minimum atomic E-state index is -2.55. The zero-order chi connectivity index (χ0) is 17.8. The zero-order valence-electron chi connectivity index (χ0n) is 15.1. The molecule has 2 atom stereocenters. The van der Waals surface area contributed by atoms with Gasteiger partial charge in [-0.05, 0) is 22.3 Å². The Morgan fingerprint density at radius 3 is 1.71 bits per heavy atom. The summed E-state index contributed by atoms with van der Waals surface area (Å²) in [5.74, 6) is 0. The molecule has 2 rings (SSSR count). The molecule has 0 unspecified atom stereocenters. The topological polar surface area (TPSA) is 55.5 Å². The van der Waals surface area contributed by atoms with Crippen molar-refractivity contribution in [2.75, 3.05) is 6.61 Å². The van der Waals surface area contributed by atoms with Gasteiger partial charge in [-0.15, -0.1) is 0 Å². The van der Waals surface area contributed by atoms with Gasteiger partial charge in [-0.1, -0.05) is 81.4 Å². The Morgan fingerprint density at radius 1 is 0.958 bits per heavy atom. The van der Waals surface area contributed by atoms with Gasteiger partial charge in [0.2, 0.25) is 0 Å². The molecule has 130 valence electrons. The zero-order valence-corrected chi connectivity index (χ0v) is 16.1. The van der Waals surface area contributed by atoms with E-state index in [4.69, 9.17) is 10.2 Å². The standard InChI is InChI=1S/C20H29NO2Si/c1-16(22)19(21)15-23-24(20(2,3)4,17-11-7-5-8-12-17)18-13-9-6-10-14-18/h5-14,16,19,22H,15,21H2,1-4H3/t16-,19-/m1/s1. The van der Waals surface area contributed by atoms with Gasteiger partial charge in [0.15, 0.2) is 0 Å². The Labute approximate surface area is 146 Å². The second kappa shape index (κ2) is 7.62. The van der Waals surface area contributed by atoms with E-state index in [1.165, 1.54) is 10.4 Å². The quantitative estimate of drug-likeness (QED) is 0.791. The molecular weight excluding hydrogens is 314 g/mol. The average Bonchev–Trinajstić information content (AvgIpc) is 2.56. The van der Waals surface area contributed by atoms with Crippen LogP contribution < -0.4 is 16.1 Å². The van der Waals surface area contributed by atoms with Crippen LogP contribution in [-0.4, -0.2) is 32.2 Å². The maximum atomic E-state index is 9.77. The van der Waals surface area contributed by atoms with Crippen molar-refractivity contribution >= 4 is 18.7 Å². The van der Waals surface area contributed by atoms with Gasteiger partial charge in [-0.25, -0.2) is 0 Å². The van der Waals surface area contributed by atoms with Crippen LogP contribution in [0, 0.1) is 0 Å². The Balaban J connectivity index is 2.57. The second-order valence-electron chi connectivity index (χ2n) is 7.38. The van der Waals surface area contributed by atoms with Gasteiger partial charge < -0.3 is 15.3 Å². The molecule has 0 aliphatic heterocycles. The minimum absolute atomic E-state index is 0.0753. The third-order valence-corrected chi connectivity index (χ3v) is 9.53. The fourth-order valence-electron chi connectivity index (χ4n) is 3.12. The number of rotatable bonds is 6. The fraction of sp³-hybridized carbons (Fsp3) is 0.400. The molecule has 0 bridgehead atoms. The smallest absolute Gasteiger partial charge is 0.261 e. The molecule has 0 aliphatic rings. The molecule has 0 aromatic heterocycles. The Kier molecular flexibility index (Phi) is 5.99. The molecule has 3 nitrogen and oxygen atoms in total. The fourth-order valence-corrected chi connectivity index (χ4v) is 7.72. The summed E-state index contributed by atoms with van der Waals surface area (Å²) in [6.07, 6.45) is -0.594. The number of hydrogen-bond acceptors (Lipinski definition) is 3. The van der Waals surface area contributed by atoms with Crippen LogP contribution in [0.4, 0.5) is 0 Å². The van der Waals surface area contributed by atoms with E-state index in [1.807, 2.05) is 12.1 Å². The molecule has 0 fully saturated rings. The van der Waals surface area contributed by atoms with Crippen molar-refractivity contribution in [3.8, 4) is 0 Å². The van der Waals surface area contributed by atoms with Crippen molar-refractivity contribution in [3.05, 3.63) is 60.7 Å². The van der Waals surface area contributed by atoms with Crippen LogP contribution in [0.2, 0.25) is 5.04 Å². The van der Waals surface area contributed by atoms with E-state index >= 15 is 0 Å². The molecule has 0 saturated carbocycles. The van der Waals surface area contributed by atoms with Gasteiger partial charge in [-0.3, -0.25) is 0 Å². The van der Waals surface area contributed by atoms with E-state index in [9.17, 15) is 5.11 Å². The first-order chi connectivity index (χ1) is 11.3. The predicted octanol–water partition coefficient (Wildman–Crippen LogP) is 2.27. The Morgan fingerprint density at radius 2 is 1.38 bits per heavy atom. The minimum Gasteiger partial charge on any atom is -0.406 e. The summed E-state index contributed by atoms with van der Waals surface area (Å²) < 4.78 is 6.64. The van der Waals surface area contributed by atoms with Crippen LogP contribution in [0.15, 0.2) is 60.7 Å². The molecule has 0 heterocycles. The number of hydrogen-bond donors (Lipinski definition) is 2. The molecular formula is C20H29NO2Si. The van der Waals surface area contributed by atoms with Gasteiger partial charge in [-0.2, -0.15) is 0 Å². The highest BCUT2D eigenvalue weighted by molar-refractivity contribution is 6.99. The monoisotopic (exact) mass is 343 g/mol. The van der Waals surface area contributed by atoms with Crippen LogP contribution in [0.3, 0.4) is 0 Å². The van der Waals surface area contributed by atoms with Crippen LogP contribution in [0.1, 0.15) is 27.7 Å². The molecule has 2 aromatic rings. The lowest BCUT2D eigenvalue weighted by molar-refractivity contribution is 0.128. The first-order valence-corrected chi connectivity index (χ1v) is 10.4. The maximum Gasteiger partial charge on any atom is 0.261 e. The number of nitrogens with two attached hydrogens (primary N) is 1. The second-order valence-corrected chi connectivity index (χ2v) is 11.7. The summed E-state index contributed by atoms with van der Waals surface area (Å²) in [5, 5.41) is 12.1. The molecule has 4 heteroatoms. The van der Waals surface area contributed by atoms with Crippen LogP contribution in [-0.2, 0) is 4.43 Å². The van der Waals surface area contributed by atoms with Crippen molar-refractivity contribution in [1.82, 2.24) is 0 Å². The normalized spacial score (nSPS) is 15.1. The maximum absolute atomic E-state index is 9.77. The van der Waals surface area contributed by atoms with Gasteiger partial charge >= 0.3 is 0 Å². The van der Waals surface area contributed by atoms with Crippen LogP contribution >= 0.6 is 0 Å². The van der Waals surface area contributed by atoms with E-state index in [0.29, 0.717) is 6.61 Å². The largest absolute Gasteiger partial charge is 0.406 e. The SMILES string of the molecule is C[C@@H](O)[C@H](N)CO[Si](c1ccccc1)(c1ccccc1)C(C)(C)C. The van der Waals surface area contributed by atoms with Crippen LogP contribution in [0.5, 0.6) is 0 Å². The summed E-state index contributed by atoms with van der Waals surface area (Å²) in [6, 6.07) is 20.5. The Hall–Kier alpha value is -1.46. The van der Waals surface area contributed by atoms with Crippen molar-refractivity contribution in [3.63, 3.8) is 0 Å². The van der Waals surface area contributed by atoms with Gasteiger partial charge in [0.25, 0.3) is 8.32 Å². The molecule has 0 spiro atoms. The van der Waals surface area contributed by atoms with E-state index in [0.717, 1.165) is 0 Å². The number of benzene rings is 2. The van der Waals surface area contributed by atoms with E-state index in [-0.39, 0.29) is 5.04 Å². The highest BCUT2D eigenvalue weighted by Gasteiger charge is 2.50. The molecule has 0 saturated heterocycles. The summed E-state index contributed by atoms with van der Waals surface area (Å²) in [5.41, 5.74) is 6.07. The lowest BCUT2D eigenvalue weighted by Gasteiger charge is -2.43. The van der Waals surface area contributed by atoms with E-state index in [2.05, 4.69) is 69.3 Å². The van der Waals surface area contributed by atoms with Gasteiger partial charge in [0, 0.05) is 0 Å². The van der Waals surface area contributed by atoms with Crippen molar-refractivity contribution in [1.29, 1.82) is 0 Å². The first-order valence-electron chi connectivity index (χ1n) is 8.47. The van der Waals surface area contributed by atoms with Gasteiger partial charge in [0.1, 0.15) is 0 Å². The Bertz CT molecular complexity index is 584. The van der Waals surface area contributed by atoms with Crippen LogP contribution in [0.25, 0.3) is 0 Å². The highest BCUT2D eigenvalue weighted by atomic mass is 28.4. The molecule has 3 N–H and O–H groups in total. The van der Waals surface area contributed by atoms with Crippen molar-refractivity contribution in [2.45, 2.75) is 44.9 Å². The molecule has 24 heavy (non-hydrogen) atoms.